The molecule has 0 saturated carbocycles. The van der Waals surface area contributed by atoms with Crippen LogP contribution in [-0.2, 0) is 0 Å². The molecule has 2 aromatic heterocycles. The van der Waals surface area contributed by atoms with Crippen molar-refractivity contribution in [3.05, 3.63) is 103 Å². The molecule has 33 heavy (non-hydrogen) atoms. The van der Waals surface area contributed by atoms with Gasteiger partial charge in [-0.05, 0) is 60.2 Å². The number of benzene rings is 2. The highest BCUT2D eigenvalue weighted by atomic mass is 32.1. The standard InChI is InChI=1S/C26H24N4O2S/c1-31-20-11-12-23(32-2)22(16-20)30-25(24(28-26(30)33)21-10-6-7-14-27-21)18-13-15-29(17-18)19-8-4-3-5-9-19/h3-17,24-25H,1-2H3,(H,28,33). The molecule has 1 aliphatic rings. The van der Waals surface area contributed by atoms with E-state index >= 15 is 0 Å². The van der Waals surface area contributed by atoms with Gasteiger partial charge in [-0.1, -0.05) is 24.3 Å². The van der Waals surface area contributed by atoms with Crippen LogP contribution in [-0.4, -0.2) is 28.9 Å². The Morgan fingerprint density at radius 3 is 2.48 bits per heavy atom. The summed E-state index contributed by atoms with van der Waals surface area (Å²) in [7, 11) is 3.31. The van der Waals surface area contributed by atoms with E-state index in [4.69, 9.17) is 21.7 Å². The van der Waals surface area contributed by atoms with Gasteiger partial charge in [-0.15, -0.1) is 0 Å². The monoisotopic (exact) mass is 456 g/mol. The first kappa shape index (κ1) is 21.0. The zero-order chi connectivity index (χ0) is 22.8. The summed E-state index contributed by atoms with van der Waals surface area (Å²) in [6, 6.07) is 23.8. The summed E-state index contributed by atoms with van der Waals surface area (Å²) in [6.07, 6.45) is 6.02. The van der Waals surface area contributed by atoms with Crippen LogP contribution in [0.15, 0.2) is 91.4 Å². The molecule has 2 aromatic carbocycles. The third kappa shape index (κ3) is 3.91. The molecule has 0 amide bonds. The fourth-order valence-electron chi connectivity index (χ4n) is 4.29. The molecule has 6 nitrogen and oxygen atoms in total. The fraction of sp³-hybridized carbons (Fsp3) is 0.154. The van der Waals surface area contributed by atoms with Crippen molar-refractivity contribution in [1.82, 2.24) is 14.9 Å². The first-order valence-corrected chi connectivity index (χ1v) is 11.1. The van der Waals surface area contributed by atoms with Crippen molar-refractivity contribution < 1.29 is 9.47 Å². The normalized spacial score (nSPS) is 17.6. The number of anilines is 1. The maximum absolute atomic E-state index is 5.85. The molecule has 1 N–H and O–H groups in total. The molecule has 2 unspecified atom stereocenters. The molecular weight excluding hydrogens is 432 g/mol. The Kier molecular flexibility index (Phi) is 5.71. The summed E-state index contributed by atoms with van der Waals surface area (Å²) in [5, 5.41) is 4.10. The number of rotatable bonds is 6. The van der Waals surface area contributed by atoms with Crippen LogP contribution >= 0.6 is 12.2 Å². The van der Waals surface area contributed by atoms with Crippen molar-refractivity contribution in [2.75, 3.05) is 19.1 Å². The first-order valence-electron chi connectivity index (χ1n) is 10.7. The molecule has 0 bridgehead atoms. The number of para-hydroxylation sites is 1. The number of hydrogen-bond donors (Lipinski definition) is 1. The van der Waals surface area contributed by atoms with Crippen molar-refractivity contribution in [2.24, 2.45) is 0 Å². The van der Waals surface area contributed by atoms with Gasteiger partial charge in [0, 0.05) is 30.3 Å². The van der Waals surface area contributed by atoms with Crippen molar-refractivity contribution in [3.63, 3.8) is 0 Å². The van der Waals surface area contributed by atoms with Crippen LogP contribution in [0.4, 0.5) is 5.69 Å². The van der Waals surface area contributed by atoms with Crippen LogP contribution in [0.2, 0.25) is 0 Å². The zero-order valence-corrected chi connectivity index (χ0v) is 19.2. The van der Waals surface area contributed by atoms with Crippen molar-refractivity contribution in [1.29, 1.82) is 0 Å². The Morgan fingerprint density at radius 1 is 0.939 bits per heavy atom. The average molecular weight is 457 g/mol. The van der Waals surface area contributed by atoms with E-state index in [1.165, 1.54) is 0 Å². The molecule has 7 heteroatoms. The van der Waals surface area contributed by atoms with Gasteiger partial charge >= 0.3 is 0 Å². The zero-order valence-electron chi connectivity index (χ0n) is 18.4. The minimum atomic E-state index is -0.140. The minimum Gasteiger partial charge on any atom is -0.497 e. The first-order chi connectivity index (χ1) is 16.2. The number of ether oxygens (including phenoxy) is 2. The largest absolute Gasteiger partial charge is 0.497 e. The van der Waals surface area contributed by atoms with E-state index in [-0.39, 0.29) is 12.1 Å². The lowest BCUT2D eigenvalue weighted by Gasteiger charge is -2.28. The highest BCUT2D eigenvalue weighted by Gasteiger charge is 2.42. The number of methoxy groups -OCH3 is 2. The molecule has 1 saturated heterocycles. The molecule has 0 radical (unpaired) electrons. The minimum absolute atomic E-state index is 0.138. The lowest BCUT2D eigenvalue weighted by Crippen LogP contribution is -2.29. The third-order valence-corrected chi connectivity index (χ3v) is 6.17. The summed E-state index contributed by atoms with van der Waals surface area (Å²) < 4.78 is 13.3. The number of thiocarbonyl (C=S) groups is 1. The van der Waals surface area contributed by atoms with Crippen LogP contribution < -0.4 is 19.7 Å². The maximum atomic E-state index is 5.85. The van der Waals surface area contributed by atoms with Crippen LogP contribution in [0.25, 0.3) is 5.69 Å². The summed E-state index contributed by atoms with van der Waals surface area (Å²) in [5.41, 5.74) is 3.95. The molecule has 3 heterocycles. The van der Waals surface area contributed by atoms with E-state index in [0.717, 1.165) is 28.4 Å². The van der Waals surface area contributed by atoms with E-state index in [1.807, 2.05) is 54.6 Å². The van der Waals surface area contributed by atoms with Crippen LogP contribution in [0.5, 0.6) is 11.5 Å². The van der Waals surface area contributed by atoms with Gasteiger partial charge in [0.05, 0.1) is 37.7 Å². The Balaban J connectivity index is 1.64. The number of aromatic nitrogens is 2. The molecular formula is C26H24N4O2S. The molecule has 2 atom stereocenters. The van der Waals surface area contributed by atoms with E-state index in [1.54, 1.807) is 20.4 Å². The molecule has 1 fully saturated rings. The van der Waals surface area contributed by atoms with Gasteiger partial charge in [-0.3, -0.25) is 4.98 Å². The molecule has 166 valence electrons. The van der Waals surface area contributed by atoms with Crippen molar-refractivity contribution >= 4 is 23.0 Å². The smallest absolute Gasteiger partial charge is 0.174 e. The summed E-state index contributed by atoms with van der Waals surface area (Å²) in [5.74, 6) is 1.45. The third-order valence-electron chi connectivity index (χ3n) is 5.86. The maximum Gasteiger partial charge on any atom is 0.174 e. The van der Waals surface area contributed by atoms with Crippen molar-refractivity contribution in [3.8, 4) is 17.2 Å². The van der Waals surface area contributed by atoms with Gasteiger partial charge in [0.2, 0.25) is 0 Å². The summed E-state index contributed by atoms with van der Waals surface area (Å²) in [4.78, 5) is 6.73. The van der Waals surface area contributed by atoms with Gasteiger partial charge in [-0.25, -0.2) is 0 Å². The molecule has 1 aliphatic heterocycles. The van der Waals surface area contributed by atoms with E-state index in [0.29, 0.717) is 10.9 Å². The van der Waals surface area contributed by atoms with Gasteiger partial charge < -0.3 is 24.3 Å². The highest BCUT2D eigenvalue weighted by Crippen LogP contribution is 2.45. The average Bonchev–Trinajstić information content (AvgIpc) is 3.49. The fourth-order valence-corrected chi connectivity index (χ4v) is 4.63. The Labute approximate surface area is 198 Å². The second kappa shape index (κ2) is 8.96. The predicted octanol–water partition coefficient (Wildman–Crippen LogP) is 5.07. The van der Waals surface area contributed by atoms with Crippen LogP contribution in [0.1, 0.15) is 23.3 Å². The molecule has 0 spiro atoms. The van der Waals surface area contributed by atoms with Gasteiger partial charge in [-0.2, -0.15) is 0 Å². The predicted molar refractivity (Wildman–Crippen MR) is 133 cm³/mol. The van der Waals surface area contributed by atoms with Gasteiger partial charge in [0.25, 0.3) is 0 Å². The number of pyridine rings is 1. The van der Waals surface area contributed by atoms with E-state index in [9.17, 15) is 0 Å². The molecule has 0 aliphatic carbocycles. The molecule has 5 rings (SSSR count). The quantitative estimate of drug-likeness (QED) is 0.409. The van der Waals surface area contributed by atoms with Crippen LogP contribution in [0, 0.1) is 0 Å². The Bertz CT molecular complexity index is 1260. The molecule has 4 aromatic rings. The van der Waals surface area contributed by atoms with Crippen LogP contribution in [0.3, 0.4) is 0 Å². The SMILES string of the molecule is COc1ccc(OC)c(N2C(=S)NC(c3ccccn3)C2c2ccn(-c3ccccc3)c2)c1. The Morgan fingerprint density at radius 2 is 1.76 bits per heavy atom. The lowest BCUT2D eigenvalue weighted by molar-refractivity contribution is 0.403. The summed E-state index contributed by atoms with van der Waals surface area (Å²) >= 11 is 5.85. The summed E-state index contributed by atoms with van der Waals surface area (Å²) in [6.45, 7) is 0. The second-order valence-corrected chi connectivity index (χ2v) is 8.11. The number of nitrogens with one attached hydrogen (secondary N) is 1. The van der Waals surface area contributed by atoms with Gasteiger partial charge in [0.15, 0.2) is 5.11 Å². The second-order valence-electron chi connectivity index (χ2n) is 7.72. The van der Waals surface area contributed by atoms with E-state index < -0.39 is 0 Å². The number of hydrogen-bond acceptors (Lipinski definition) is 4. The highest BCUT2D eigenvalue weighted by molar-refractivity contribution is 7.80. The topological polar surface area (TPSA) is 51.6 Å². The lowest BCUT2D eigenvalue weighted by atomic mass is 9.98. The van der Waals surface area contributed by atoms with Crippen molar-refractivity contribution in [2.45, 2.75) is 12.1 Å². The van der Waals surface area contributed by atoms with Gasteiger partial charge in [0.1, 0.15) is 11.5 Å². The number of nitrogens with zero attached hydrogens (tertiary/aromatic N) is 3. The Hall–Kier alpha value is -3.84. The van der Waals surface area contributed by atoms with E-state index in [2.05, 4.69) is 50.4 Å².